The number of aryl methyl sites for hydroxylation is 1. The van der Waals surface area contributed by atoms with Gasteiger partial charge >= 0.3 is 5.69 Å². The van der Waals surface area contributed by atoms with E-state index < -0.39 is 24.1 Å². The molecule has 0 N–H and O–H groups in total. The minimum absolute atomic E-state index is 0.111. The first-order valence-electron chi connectivity index (χ1n) is 7.30. The zero-order chi connectivity index (χ0) is 17.0. The largest absolute Gasteiger partial charge is 0.371 e. The molecule has 124 valence electrons. The van der Waals surface area contributed by atoms with Crippen molar-refractivity contribution in [3.05, 3.63) is 57.9 Å². The van der Waals surface area contributed by atoms with Crippen molar-refractivity contribution in [2.75, 3.05) is 6.61 Å². The van der Waals surface area contributed by atoms with Crippen molar-refractivity contribution in [2.45, 2.75) is 38.3 Å². The molecule has 0 radical (unpaired) electrons. The summed E-state index contributed by atoms with van der Waals surface area (Å²) in [5.41, 5.74) is -0.455. The van der Waals surface area contributed by atoms with Gasteiger partial charge in [0.15, 0.2) is 6.29 Å². The van der Waals surface area contributed by atoms with Crippen LogP contribution in [0.15, 0.2) is 41.1 Å². The molecule has 0 aromatic carbocycles. The van der Waals surface area contributed by atoms with Gasteiger partial charge in [0.2, 0.25) is 0 Å². The van der Waals surface area contributed by atoms with Crippen LogP contribution in [0.4, 0.5) is 0 Å². The standard InChI is InChI=1S/C16H20N2O5/c1-4-6-17-15(20)11(3)9-18(16(17)21)14-8-12(22-7-5-2)13(10-19)23-14/h4-5,9-10,12-14H,1-2,6-8H2,3H3/t12-,13+,14+/m0/s1. The molecule has 0 saturated carbocycles. The van der Waals surface area contributed by atoms with Crippen LogP contribution in [0.3, 0.4) is 0 Å². The van der Waals surface area contributed by atoms with Crippen LogP contribution in [-0.4, -0.2) is 34.2 Å². The molecule has 1 saturated heterocycles. The maximum absolute atomic E-state index is 12.5. The van der Waals surface area contributed by atoms with Crippen LogP contribution in [0.25, 0.3) is 0 Å². The summed E-state index contributed by atoms with van der Waals surface area (Å²) in [5, 5.41) is 0. The van der Waals surface area contributed by atoms with Crippen LogP contribution < -0.4 is 11.2 Å². The van der Waals surface area contributed by atoms with Crippen molar-refractivity contribution in [3.8, 4) is 0 Å². The molecule has 3 atom stereocenters. The quantitative estimate of drug-likeness (QED) is 0.542. The Hall–Kier alpha value is -2.25. The number of carbonyl (C=O) groups excluding carboxylic acids is 1. The van der Waals surface area contributed by atoms with E-state index in [1.54, 1.807) is 13.0 Å². The van der Waals surface area contributed by atoms with Gasteiger partial charge in [0.05, 0.1) is 12.7 Å². The lowest BCUT2D eigenvalue weighted by Gasteiger charge is -2.16. The Morgan fingerprint density at radius 3 is 2.74 bits per heavy atom. The Balaban J connectivity index is 2.37. The summed E-state index contributed by atoms with van der Waals surface area (Å²) in [4.78, 5) is 35.7. The summed E-state index contributed by atoms with van der Waals surface area (Å²) in [6, 6.07) is 0. The van der Waals surface area contributed by atoms with Crippen LogP contribution >= 0.6 is 0 Å². The first-order valence-corrected chi connectivity index (χ1v) is 7.30. The Bertz CT molecular complexity index is 718. The van der Waals surface area contributed by atoms with Crippen molar-refractivity contribution in [1.29, 1.82) is 0 Å². The number of hydrogen-bond acceptors (Lipinski definition) is 5. The maximum Gasteiger partial charge on any atom is 0.333 e. The molecule has 0 spiro atoms. The molecule has 2 heterocycles. The Labute approximate surface area is 133 Å². The first kappa shape index (κ1) is 17.1. The van der Waals surface area contributed by atoms with E-state index in [-0.39, 0.29) is 18.7 Å². The van der Waals surface area contributed by atoms with Gasteiger partial charge in [0.25, 0.3) is 5.56 Å². The Morgan fingerprint density at radius 2 is 2.13 bits per heavy atom. The first-order chi connectivity index (χ1) is 11.0. The summed E-state index contributed by atoms with van der Waals surface area (Å²) in [6.45, 7) is 9.13. The number of ether oxygens (including phenoxy) is 2. The van der Waals surface area contributed by atoms with Gasteiger partial charge in [-0.2, -0.15) is 0 Å². The lowest BCUT2D eigenvalue weighted by Crippen LogP contribution is -2.41. The minimum Gasteiger partial charge on any atom is -0.371 e. The van der Waals surface area contributed by atoms with E-state index in [4.69, 9.17) is 9.47 Å². The van der Waals surface area contributed by atoms with E-state index in [2.05, 4.69) is 13.2 Å². The fourth-order valence-electron chi connectivity index (χ4n) is 2.57. The molecule has 0 bridgehead atoms. The summed E-state index contributed by atoms with van der Waals surface area (Å²) in [7, 11) is 0. The molecule has 0 aliphatic carbocycles. The van der Waals surface area contributed by atoms with Crippen LogP contribution in [0.1, 0.15) is 18.2 Å². The molecule has 7 heteroatoms. The highest BCUT2D eigenvalue weighted by Crippen LogP contribution is 2.28. The predicted molar refractivity (Wildman–Crippen MR) is 84.4 cm³/mol. The molecule has 1 aliphatic rings. The average Bonchev–Trinajstić information content (AvgIpc) is 2.96. The molecule has 1 aromatic rings. The second kappa shape index (κ2) is 7.34. The van der Waals surface area contributed by atoms with Gasteiger partial charge in [-0.3, -0.25) is 13.9 Å². The number of aromatic nitrogens is 2. The summed E-state index contributed by atoms with van der Waals surface area (Å²) < 4.78 is 13.5. The highest BCUT2D eigenvalue weighted by molar-refractivity contribution is 5.57. The van der Waals surface area contributed by atoms with Gasteiger partial charge in [-0.05, 0) is 6.92 Å². The topological polar surface area (TPSA) is 79.5 Å². The highest BCUT2D eigenvalue weighted by Gasteiger charge is 2.37. The lowest BCUT2D eigenvalue weighted by molar-refractivity contribution is -0.124. The van der Waals surface area contributed by atoms with E-state index >= 15 is 0 Å². The van der Waals surface area contributed by atoms with Crippen LogP contribution in [0, 0.1) is 6.92 Å². The van der Waals surface area contributed by atoms with E-state index in [0.717, 1.165) is 4.57 Å². The molecule has 1 aliphatic heterocycles. The van der Waals surface area contributed by atoms with Crippen LogP contribution in [0.2, 0.25) is 0 Å². The van der Waals surface area contributed by atoms with E-state index in [1.165, 1.54) is 16.8 Å². The van der Waals surface area contributed by atoms with Crippen molar-refractivity contribution >= 4 is 6.29 Å². The fourth-order valence-corrected chi connectivity index (χ4v) is 2.57. The number of aldehydes is 1. The molecule has 0 amide bonds. The van der Waals surface area contributed by atoms with Gasteiger partial charge in [0.1, 0.15) is 12.3 Å². The van der Waals surface area contributed by atoms with Crippen LogP contribution in [-0.2, 0) is 20.8 Å². The molecule has 7 nitrogen and oxygen atoms in total. The van der Waals surface area contributed by atoms with Crippen LogP contribution in [0.5, 0.6) is 0 Å². The number of rotatable bonds is 7. The summed E-state index contributed by atoms with van der Waals surface area (Å²) in [6.07, 6.45) is 3.63. The van der Waals surface area contributed by atoms with Gasteiger partial charge in [0, 0.05) is 24.7 Å². The monoisotopic (exact) mass is 320 g/mol. The molecular weight excluding hydrogens is 300 g/mol. The Morgan fingerprint density at radius 1 is 1.39 bits per heavy atom. The lowest BCUT2D eigenvalue weighted by atomic mass is 10.2. The van der Waals surface area contributed by atoms with E-state index in [9.17, 15) is 14.4 Å². The molecule has 1 aromatic heterocycles. The number of nitrogens with zero attached hydrogens (tertiary/aromatic N) is 2. The smallest absolute Gasteiger partial charge is 0.333 e. The molecule has 1 fully saturated rings. The number of carbonyl (C=O) groups is 1. The molecule has 23 heavy (non-hydrogen) atoms. The summed E-state index contributed by atoms with van der Waals surface area (Å²) in [5.74, 6) is 0. The van der Waals surface area contributed by atoms with Gasteiger partial charge in [-0.15, -0.1) is 13.2 Å². The molecule has 0 unspecified atom stereocenters. The zero-order valence-corrected chi connectivity index (χ0v) is 13.0. The number of hydrogen-bond donors (Lipinski definition) is 0. The third-order valence-electron chi connectivity index (χ3n) is 3.67. The highest BCUT2D eigenvalue weighted by atomic mass is 16.6. The zero-order valence-electron chi connectivity index (χ0n) is 13.0. The average molecular weight is 320 g/mol. The van der Waals surface area contributed by atoms with E-state index in [1.807, 2.05) is 0 Å². The van der Waals surface area contributed by atoms with Gasteiger partial charge in [-0.25, -0.2) is 4.79 Å². The summed E-state index contributed by atoms with van der Waals surface area (Å²) >= 11 is 0. The van der Waals surface area contributed by atoms with E-state index in [0.29, 0.717) is 18.3 Å². The SMILES string of the molecule is C=CCO[C@H]1C[C@H](n2cc(C)c(=O)n(CC=C)c2=O)O[C@@H]1C=O. The second-order valence-corrected chi connectivity index (χ2v) is 5.29. The van der Waals surface area contributed by atoms with Gasteiger partial charge in [-0.1, -0.05) is 12.2 Å². The molecular formula is C16H20N2O5. The van der Waals surface area contributed by atoms with Gasteiger partial charge < -0.3 is 14.3 Å². The number of allylic oxidation sites excluding steroid dienone is 1. The normalized spacial score (nSPS) is 23.6. The second-order valence-electron chi connectivity index (χ2n) is 5.29. The minimum atomic E-state index is -0.757. The fraction of sp³-hybridized carbons (Fsp3) is 0.438. The van der Waals surface area contributed by atoms with Crippen molar-refractivity contribution in [2.24, 2.45) is 0 Å². The van der Waals surface area contributed by atoms with Crippen molar-refractivity contribution in [3.63, 3.8) is 0 Å². The molecule has 2 rings (SSSR count). The van der Waals surface area contributed by atoms with Crippen molar-refractivity contribution < 1.29 is 14.3 Å². The van der Waals surface area contributed by atoms with Crippen molar-refractivity contribution in [1.82, 2.24) is 9.13 Å². The predicted octanol–water partition coefficient (Wildman–Crippen LogP) is 0.562. The Kier molecular flexibility index (Phi) is 5.46. The third kappa shape index (κ3) is 3.40. The maximum atomic E-state index is 12.5. The third-order valence-corrected chi connectivity index (χ3v) is 3.67.